The maximum atomic E-state index is 12.0. The van der Waals surface area contributed by atoms with Crippen LogP contribution in [0.2, 0.25) is 0 Å². The van der Waals surface area contributed by atoms with Crippen LogP contribution in [-0.4, -0.2) is 28.0 Å². The number of esters is 1. The molecule has 0 aliphatic heterocycles. The highest BCUT2D eigenvalue weighted by Gasteiger charge is 2.21. The van der Waals surface area contributed by atoms with E-state index in [9.17, 15) is 4.79 Å². The van der Waals surface area contributed by atoms with Crippen molar-refractivity contribution in [1.29, 1.82) is 0 Å². The topological polar surface area (TPSA) is 74.2 Å². The second kappa shape index (κ2) is 6.34. The number of hydrogen-bond acceptors (Lipinski definition) is 7. The first-order valence-corrected chi connectivity index (χ1v) is 8.77. The number of nitrogens with zero attached hydrogens (tertiary/aromatic N) is 3. The number of hydrogen-bond donors (Lipinski definition) is 0. The second-order valence-corrected chi connectivity index (χ2v) is 6.76. The van der Waals surface area contributed by atoms with E-state index in [0.717, 1.165) is 21.9 Å². The normalized spacial score (nSPS) is 11.0. The summed E-state index contributed by atoms with van der Waals surface area (Å²) in [6, 6.07) is 9.51. The molecule has 0 amide bonds. The molecule has 0 spiro atoms. The zero-order chi connectivity index (χ0) is 18.3. The van der Waals surface area contributed by atoms with Gasteiger partial charge in [-0.25, -0.2) is 9.78 Å². The smallest absolute Gasteiger partial charge is 0.348 e. The van der Waals surface area contributed by atoms with Crippen molar-refractivity contribution >= 4 is 38.4 Å². The van der Waals surface area contributed by atoms with E-state index in [1.807, 2.05) is 37.3 Å². The summed E-state index contributed by atoms with van der Waals surface area (Å²) in [5.74, 6) is 1.27. The number of ether oxygens (including phenoxy) is 2. The van der Waals surface area contributed by atoms with Crippen LogP contribution in [0, 0.1) is 13.8 Å². The number of methoxy groups -OCH3 is 1. The Kier molecular flexibility index (Phi) is 4.00. The van der Waals surface area contributed by atoms with Gasteiger partial charge in [0.15, 0.2) is 0 Å². The van der Waals surface area contributed by atoms with Crippen molar-refractivity contribution in [2.45, 2.75) is 13.8 Å². The van der Waals surface area contributed by atoms with E-state index < -0.39 is 0 Å². The first kappa shape index (κ1) is 16.4. The van der Waals surface area contributed by atoms with Gasteiger partial charge in [0.2, 0.25) is 5.88 Å². The quantitative estimate of drug-likeness (QED) is 0.500. The van der Waals surface area contributed by atoms with Crippen LogP contribution in [0.5, 0.6) is 11.6 Å². The molecule has 0 saturated heterocycles. The molecule has 3 aromatic heterocycles. The van der Waals surface area contributed by atoms with E-state index >= 15 is 0 Å². The molecule has 1 aromatic carbocycles. The van der Waals surface area contributed by atoms with E-state index in [0.29, 0.717) is 27.2 Å². The lowest BCUT2D eigenvalue weighted by molar-refractivity contribution is 0.0605. The van der Waals surface area contributed by atoms with Gasteiger partial charge in [-0.15, -0.1) is 11.3 Å². The van der Waals surface area contributed by atoms with Crippen molar-refractivity contribution in [1.82, 2.24) is 15.0 Å². The van der Waals surface area contributed by atoms with Crippen LogP contribution in [0.4, 0.5) is 0 Å². The molecule has 6 nitrogen and oxygen atoms in total. The fourth-order valence-corrected chi connectivity index (χ4v) is 3.93. The monoisotopic (exact) mass is 365 g/mol. The Bertz CT molecular complexity index is 1150. The summed E-state index contributed by atoms with van der Waals surface area (Å²) in [4.78, 5) is 26.4. The summed E-state index contributed by atoms with van der Waals surface area (Å²) in [5, 5.41) is 1.71. The van der Waals surface area contributed by atoms with Gasteiger partial charge in [0.05, 0.1) is 18.0 Å². The highest BCUT2D eigenvalue weighted by atomic mass is 32.1. The van der Waals surface area contributed by atoms with Gasteiger partial charge in [-0.1, -0.05) is 6.07 Å². The Labute approximate surface area is 153 Å². The summed E-state index contributed by atoms with van der Waals surface area (Å²) in [6.45, 7) is 3.64. The predicted octanol–water partition coefficient (Wildman–Crippen LogP) is 4.44. The van der Waals surface area contributed by atoms with Gasteiger partial charge >= 0.3 is 5.97 Å². The molecule has 3 heterocycles. The van der Waals surface area contributed by atoms with E-state index in [2.05, 4.69) is 15.0 Å². The molecular weight excluding hydrogens is 350 g/mol. The number of benzene rings is 1. The average molecular weight is 365 g/mol. The summed E-state index contributed by atoms with van der Waals surface area (Å²) in [7, 11) is 1.36. The zero-order valence-electron chi connectivity index (χ0n) is 14.4. The molecule has 0 fully saturated rings. The lowest BCUT2D eigenvalue weighted by Gasteiger charge is -2.08. The molecule has 4 aromatic rings. The number of rotatable bonds is 3. The molecule has 4 rings (SSSR count). The molecule has 0 N–H and O–H groups in total. The van der Waals surface area contributed by atoms with Gasteiger partial charge in [0.1, 0.15) is 21.3 Å². The van der Waals surface area contributed by atoms with Gasteiger partial charge in [-0.3, -0.25) is 4.98 Å². The summed E-state index contributed by atoms with van der Waals surface area (Å²) >= 11 is 1.28. The molecule has 0 aliphatic carbocycles. The van der Waals surface area contributed by atoms with E-state index in [-0.39, 0.29) is 5.97 Å². The van der Waals surface area contributed by atoms with Crippen molar-refractivity contribution < 1.29 is 14.3 Å². The van der Waals surface area contributed by atoms with E-state index in [1.165, 1.54) is 18.4 Å². The fourth-order valence-electron chi connectivity index (χ4n) is 2.79. The fraction of sp³-hybridized carbons (Fsp3) is 0.158. The van der Waals surface area contributed by atoms with Crippen LogP contribution in [0.15, 0.2) is 36.5 Å². The molecule has 0 saturated carbocycles. The summed E-state index contributed by atoms with van der Waals surface area (Å²) in [5.41, 5.74) is 1.65. The van der Waals surface area contributed by atoms with Crippen LogP contribution in [0.1, 0.15) is 21.1 Å². The lowest BCUT2D eigenvalue weighted by atomic mass is 10.2. The summed E-state index contributed by atoms with van der Waals surface area (Å²) < 4.78 is 10.9. The van der Waals surface area contributed by atoms with Gasteiger partial charge in [-0.2, -0.15) is 4.98 Å². The molecule has 130 valence electrons. The predicted molar refractivity (Wildman–Crippen MR) is 100 cm³/mol. The minimum Gasteiger partial charge on any atom is -0.465 e. The molecule has 7 heteroatoms. The molecule has 0 atom stereocenters. The zero-order valence-corrected chi connectivity index (χ0v) is 15.3. The molecular formula is C19H15N3O3S. The van der Waals surface area contributed by atoms with Crippen molar-refractivity contribution in [3.05, 3.63) is 52.8 Å². The van der Waals surface area contributed by atoms with Gasteiger partial charge < -0.3 is 9.47 Å². The van der Waals surface area contributed by atoms with Gasteiger partial charge in [-0.05, 0) is 43.7 Å². The van der Waals surface area contributed by atoms with Crippen LogP contribution < -0.4 is 4.74 Å². The highest BCUT2D eigenvalue weighted by molar-refractivity contribution is 7.20. The van der Waals surface area contributed by atoms with Crippen LogP contribution >= 0.6 is 11.3 Å². The standard InChI is InChI=1S/C19H15N3O3S/c1-10-15-17(21-11(2)22-18(15)26-16(10)19(23)24-3)25-13-6-7-14-12(9-13)5-4-8-20-14/h4-9H,1-3H3. The number of carbonyl (C=O) groups excluding carboxylic acids is 1. The van der Waals surface area contributed by atoms with E-state index in [4.69, 9.17) is 9.47 Å². The Morgan fingerprint density at radius 2 is 2.00 bits per heavy atom. The number of thiophene rings is 1. The Balaban J connectivity index is 1.84. The Morgan fingerprint density at radius 3 is 2.81 bits per heavy atom. The van der Waals surface area contributed by atoms with Crippen LogP contribution in [0.3, 0.4) is 0 Å². The number of pyridine rings is 1. The average Bonchev–Trinajstić information content (AvgIpc) is 2.97. The van der Waals surface area contributed by atoms with Crippen LogP contribution in [0.25, 0.3) is 21.1 Å². The summed E-state index contributed by atoms with van der Waals surface area (Å²) in [6.07, 6.45) is 1.75. The molecule has 0 bridgehead atoms. The molecule has 0 unspecified atom stereocenters. The first-order chi connectivity index (χ1) is 12.6. The molecule has 0 radical (unpaired) electrons. The third-order valence-electron chi connectivity index (χ3n) is 4.03. The number of aryl methyl sites for hydroxylation is 2. The number of carbonyl (C=O) groups is 1. The van der Waals surface area contributed by atoms with E-state index in [1.54, 1.807) is 13.1 Å². The minimum atomic E-state index is -0.383. The maximum absolute atomic E-state index is 12.0. The van der Waals surface area contributed by atoms with Gasteiger partial charge in [0.25, 0.3) is 0 Å². The second-order valence-electron chi connectivity index (χ2n) is 5.76. The van der Waals surface area contributed by atoms with Crippen molar-refractivity contribution in [2.24, 2.45) is 0 Å². The Morgan fingerprint density at radius 1 is 1.15 bits per heavy atom. The van der Waals surface area contributed by atoms with Crippen molar-refractivity contribution in [3.8, 4) is 11.6 Å². The minimum absolute atomic E-state index is 0.383. The SMILES string of the molecule is COC(=O)c1sc2nc(C)nc(Oc3ccc4ncccc4c3)c2c1C. The highest BCUT2D eigenvalue weighted by Crippen LogP contribution is 2.37. The third kappa shape index (κ3) is 2.76. The number of aromatic nitrogens is 3. The molecule has 26 heavy (non-hydrogen) atoms. The van der Waals surface area contributed by atoms with Crippen LogP contribution in [-0.2, 0) is 4.74 Å². The third-order valence-corrected chi connectivity index (χ3v) is 5.19. The largest absolute Gasteiger partial charge is 0.465 e. The first-order valence-electron chi connectivity index (χ1n) is 7.95. The Hall–Kier alpha value is -3.06. The lowest BCUT2D eigenvalue weighted by Crippen LogP contribution is -2.00. The van der Waals surface area contributed by atoms with Crippen molar-refractivity contribution in [2.75, 3.05) is 7.11 Å². The maximum Gasteiger partial charge on any atom is 0.348 e. The molecule has 0 aliphatic rings. The van der Waals surface area contributed by atoms with Crippen molar-refractivity contribution in [3.63, 3.8) is 0 Å². The number of fused-ring (bicyclic) bond motifs is 2. The van der Waals surface area contributed by atoms with Gasteiger partial charge in [0, 0.05) is 11.6 Å².